The van der Waals surface area contributed by atoms with Gasteiger partial charge in [0.2, 0.25) is 0 Å². The largest absolute Gasteiger partial charge is 0.416 e. The summed E-state index contributed by atoms with van der Waals surface area (Å²) in [6.45, 7) is 1.92. The number of aryl methyl sites for hydroxylation is 1. The number of rotatable bonds is 6. The number of hydrogen-bond donors (Lipinski definition) is 2. The highest BCUT2D eigenvalue weighted by Crippen LogP contribution is 2.34. The van der Waals surface area contributed by atoms with E-state index in [1.54, 1.807) is 55.7 Å². The third-order valence-corrected chi connectivity index (χ3v) is 6.15. The zero-order valence-electron chi connectivity index (χ0n) is 20.2. The summed E-state index contributed by atoms with van der Waals surface area (Å²) < 4.78 is 41.1. The predicted octanol–water partition coefficient (Wildman–Crippen LogP) is 5.08. The van der Waals surface area contributed by atoms with E-state index in [-0.39, 0.29) is 24.1 Å². The van der Waals surface area contributed by atoms with Gasteiger partial charge in [-0.05, 0) is 59.5 Å². The number of nitrogens with one attached hydrogen (secondary N) is 1. The molecule has 3 N–H and O–H groups in total. The van der Waals surface area contributed by atoms with Crippen LogP contribution in [0.25, 0.3) is 22.4 Å². The summed E-state index contributed by atoms with van der Waals surface area (Å²) in [6, 6.07) is 16.5. The van der Waals surface area contributed by atoms with Crippen molar-refractivity contribution in [2.75, 3.05) is 0 Å². The zero-order valence-corrected chi connectivity index (χ0v) is 20.2. The molecule has 2 aromatic heterocycles. The molecule has 0 aliphatic rings. The molecule has 1 amide bonds. The minimum atomic E-state index is -4.46. The van der Waals surface area contributed by atoms with Gasteiger partial charge < -0.3 is 15.6 Å². The number of benzene rings is 2. The van der Waals surface area contributed by atoms with Crippen LogP contribution in [0.4, 0.5) is 13.2 Å². The lowest BCUT2D eigenvalue weighted by Gasteiger charge is -2.17. The van der Waals surface area contributed by atoms with Gasteiger partial charge in [-0.25, -0.2) is 0 Å². The van der Waals surface area contributed by atoms with Gasteiger partial charge in [0.1, 0.15) is 0 Å². The van der Waals surface area contributed by atoms with Crippen LogP contribution in [0.2, 0.25) is 0 Å². The predicted molar refractivity (Wildman–Crippen MR) is 136 cm³/mol. The van der Waals surface area contributed by atoms with Crippen molar-refractivity contribution >= 4 is 5.91 Å². The van der Waals surface area contributed by atoms with Crippen LogP contribution >= 0.6 is 0 Å². The van der Waals surface area contributed by atoms with Crippen molar-refractivity contribution < 1.29 is 18.0 Å². The van der Waals surface area contributed by atoms with Gasteiger partial charge in [0.25, 0.3) is 11.5 Å². The summed E-state index contributed by atoms with van der Waals surface area (Å²) in [5.74, 6) is -0.327. The standard InChI is InChI=1S/C28H25F3N4O2/c1-17(34-27(37)21-9-11-33-25(13-21)20-10-12-35(2)26(36)14-20)18-3-5-19(6-4-18)24-15-23(28(29,30)31)8-7-22(24)16-32/h3-15,17H,16,32H2,1-2H3,(H,34,37)/t17-/m1/s1. The Morgan fingerprint density at radius 2 is 1.76 bits per heavy atom. The minimum Gasteiger partial charge on any atom is -0.346 e. The Balaban J connectivity index is 1.52. The van der Waals surface area contributed by atoms with E-state index in [9.17, 15) is 22.8 Å². The number of alkyl halides is 3. The number of hydrogen-bond acceptors (Lipinski definition) is 4. The fourth-order valence-corrected chi connectivity index (χ4v) is 3.95. The third-order valence-electron chi connectivity index (χ3n) is 6.15. The average molecular weight is 507 g/mol. The molecule has 0 radical (unpaired) electrons. The van der Waals surface area contributed by atoms with Crippen LogP contribution in [0.1, 0.15) is 40.0 Å². The van der Waals surface area contributed by atoms with Crippen molar-refractivity contribution in [1.82, 2.24) is 14.9 Å². The molecule has 0 saturated heterocycles. The number of nitrogens with zero attached hydrogens (tertiary/aromatic N) is 2. The smallest absolute Gasteiger partial charge is 0.346 e. The molecule has 1 atom stereocenters. The van der Waals surface area contributed by atoms with E-state index in [4.69, 9.17) is 5.73 Å². The Morgan fingerprint density at radius 3 is 2.41 bits per heavy atom. The Kier molecular flexibility index (Phi) is 7.26. The van der Waals surface area contributed by atoms with Crippen molar-refractivity contribution in [1.29, 1.82) is 0 Å². The molecule has 0 aliphatic heterocycles. The Morgan fingerprint density at radius 1 is 1.03 bits per heavy atom. The zero-order chi connectivity index (χ0) is 26.7. The van der Waals surface area contributed by atoms with Gasteiger partial charge >= 0.3 is 6.18 Å². The van der Waals surface area contributed by atoms with Gasteiger partial charge in [0, 0.05) is 43.2 Å². The number of aromatic nitrogens is 2. The molecule has 190 valence electrons. The number of carbonyl (C=O) groups is 1. The summed E-state index contributed by atoms with van der Waals surface area (Å²) in [6.07, 6.45) is -1.32. The molecule has 4 rings (SSSR count). The molecular weight excluding hydrogens is 481 g/mol. The van der Waals surface area contributed by atoms with Crippen molar-refractivity contribution in [2.24, 2.45) is 12.8 Å². The lowest BCUT2D eigenvalue weighted by Crippen LogP contribution is -2.26. The summed E-state index contributed by atoms with van der Waals surface area (Å²) >= 11 is 0. The van der Waals surface area contributed by atoms with Gasteiger partial charge in [-0.15, -0.1) is 0 Å². The molecule has 0 saturated carbocycles. The van der Waals surface area contributed by atoms with Gasteiger partial charge in [-0.2, -0.15) is 13.2 Å². The fourth-order valence-electron chi connectivity index (χ4n) is 3.95. The highest BCUT2D eigenvalue weighted by molar-refractivity contribution is 5.95. The Bertz CT molecular complexity index is 1490. The Labute approximate surface area is 211 Å². The van der Waals surface area contributed by atoms with Crippen LogP contribution in [0, 0.1) is 0 Å². The first kappa shape index (κ1) is 25.8. The van der Waals surface area contributed by atoms with Crippen LogP contribution < -0.4 is 16.6 Å². The van der Waals surface area contributed by atoms with E-state index in [0.29, 0.717) is 33.5 Å². The summed E-state index contributed by atoms with van der Waals surface area (Å²) in [5, 5.41) is 2.92. The molecule has 2 heterocycles. The third kappa shape index (κ3) is 5.78. The molecule has 4 aromatic rings. The van der Waals surface area contributed by atoms with Crippen molar-refractivity contribution in [2.45, 2.75) is 25.7 Å². The highest BCUT2D eigenvalue weighted by Gasteiger charge is 2.31. The summed E-state index contributed by atoms with van der Waals surface area (Å²) in [4.78, 5) is 29.1. The Hall–Kier alpha value is -4.24. The molecule has 0 bridgehead atoms. The average Bonchev–Trinajstić information content (AvgIpc) is 2.89. The highest BCUT2D eigenvalue weighted by atomic mass is 19.4. The minimum absolute atomic E-state index is 0.104. The molecule has 6 nitrogen and oxygen atoms in total. The van der Waals surface area contributed by atoms with Crippen molar-refractivity contribution in [3.63, 3.8) is 0 Å². The second-order valence-electron chi connectivity index (χ2n) is 8.69. The monoisotopic (exact) mass is 506 g/mol. The van der Waals surface area contributed by atoms with E-state index >= 15 is 0 Å². The van der Waals surface area contributed by atoms with Crippen LogP contribution in [0.15, 0.2) is 83.9 Å². The van der Waals surface area contributed by atoms with Crippen LogP contribution in [0.5, 0.6) is 0 Å². The molecule has 0 fully saturated rings. The summed E-state index contributed by atoms with van der Waals surface area (Å²) in [5.41, 5.74) is 8.70. The number of halogens is 3. The second-order valence-corrected chi connectivity index (χ2v) is 8.69. The molecule has 37 heavy (non-hydrogen) atoms. The van der Waals surface area contributed by atoms with Crippen molar-refractivity contribution in [3.8, 4) is 22.4 Å². The van der Waals surface area contributed by atoms with Crippen LogP contribution in [-0.4, -0.2) is 15.5 Å². The van der Waals surface area contributed by atoms with E-state index in [1.807, 2.05) is 6.92 Å². The number of nitrogens with two attached hydrogens (primary N) is 1. The molecule has 0 aliphatic carbocycles. The van der Waals surface area contributed by atoms with E-state index in [1.165, 1.54) is 22.9 Å². The molecular formula is C28H25F3N4O2. The quantitative estimate of drug-likeness (QED) is 0.382. The van der Waals surface area contributed by atoms with E-state index in [0.717, 1.165) is 17.7 Å². The maximum absolute atomic E-state index is 13.2. The lowest BCUT2D eigenvalue weighted by atomic mass is 9.95. The van der Waals surface area contributed by atoms with E-state index < -0.39 is 11.7 Å². The molecule has 2 aromatic carbocycles. The normalized spacial score (nSPS) is 12.3. The first-order valence-corrected chi connectivity index (χ1v) is 11.5. The first-order chi connectivity index (χ1) is 17.6. The lowest BCUT2D eigenvalue weighted by molar-refractivity contribution is -0.137. The first-order valence-electron chi connectivity index (χ1n) is 11.5. The second kappa shape index (κ2) is 10.4. The van der Waals surface area contributed by atoms with Gasteiger partial charge in [0.05, 0.1) is 17.3 Å². The molecule has 9 heteroatoms. The van der Waals surface area contributed by atoms with Crippen molar-refractivity contribution in [3.05, 3.63) is 112 Å². The number of carbonyl (C=O) groups excluding carboxylic acids is 1. The number of pyridine rings is 2. The maximum Gasteiger partial charge on any atom is 0.416 e. The van der Waals surface area contributed by atoms with Gasteiger partial charge in [-0.1, -0.05) is 30.3 Å². The van der Waals surface area contributed by atoms with Crippen LogP contribution in [-0.2, 0) is 19.8 Å². The maximum atomic E-state index is 13.2. The van der Waals surface area contributed by atoms with E-state index in [2.05, 4.69) is 10.3 Å². The molecule has 0 unspecified atom stereocenters. The fraction of sp³-hybridized carbons (Fsp3) is 0.179. The number of amides is 1. The topological polar surface area (TPSA) is 90.0 Å². The van der Waals surface area contributed by atoms with Crippen LogP contribution in [0.3, 0.4) is 0 Å². The van der Waals surface area contributed by atoms with Gasteiger partial charge in [0.15, 0.2) is 0 Å². The van der Waals surface area contributed by atoms with Gasteiger partial charge in [-0.3, -0.25) is 14.6 Å². The SMILES string of the molecule is C[C@@H](NC(=O)c1ccnc(-c2ccn(C)c(=O)c2)c1)c1ccc(-c2cc(C(F)(F)F)ccc2CN)cc1. The molecule has 0 spiro atoms. The summed E-state index contributed by atoms with van der Waals surface area (Å²) in [7, 11) is 1.65.